The first-order valence-corrected chi connectivity index (χ1v) is 14.2. The van der Waals surface area contributed by atoms with Crippen LogP contribution in [-0.4, -0.2) is 53.0 Å². The Hall–Kier alpha value is -5.43. The number of pyridine rings is 1. The Morgan fingerprint density at radius 1 is 0.978 bits per heavy atom. The molecule has 0 spiro atoms. The van der Waals surface area contributed by atoms with Gasteiger partial charge in [0.25, 0.3) is 11.8 Å². The molecule has 45 heavy (non-hydrogen) atoms. The number of halogens is 2. The summed E-state index contributed by atoms with van der Waals surface area (Å²) >= 11 is 0. The molecule has 2 heterocycles. The van der Waals surface area contributed by atoms with Crippen molar-refractivity contribution in [2.45, 2.75) is 25.4 Å². The lowest BCUT2D eigenvalue weighted by Gasteiger charge is -2.38. The molecule has 0 saturated carbocycles. The van der Waals surface area contributed by atoms with Crippen molar-refractivity contribution in [3.05, 3.63) is 95.6 Å². The maximum absolute atomic E-state index is 16.2. The van der Waals surface area contributed by atoms with E-state index in [0.29, 0.717) is 18.5 Å². The van der Waals surface area contributed by atoms with Crippen LogP contribution in [0.1, 0.15) is 24.0 Å². The summed E-state index contributed by atoms with van der Waals surface area (Å²) < 4.78 is 43.8. The van der Waals surface area contributed by atoms with Gasteiger partial charge in [-0.15, -0.1) is 0 Å². The number of nitrogens with one attached hydrogen (secondary N) is 1. The highest BCUT2D eigenvalue weighted by Gasteiger charge is 2.31. The molecule has 8 N–H and O–H groups in total. The van der Waals surface area contributed by atoms with Gasteiger partial charge in [0.05, 0.1) is 5.69 Å². The number of nitrogens with two attached hydrogens (primary N) is 3. The number of aromatic nitrogens is 1. The van der Waals surface area contributed by atoms with Crippen molar-refractivity contribution in [1.82, 2.24) is 9.88 Å². The zero-order chi connectivity index (χ0) is 32.1. The number of likely N-dealkylation sites (tertiary alicyclic amines) is 1. The van der Waals surface area contributed by atoms with Crippen molar-refractivity contribution in [3.8, 4) is 29.0 Å². The van der Waals surface area contributed by atoms with E-state index in [1.54, 1.807) is 19.2 Å². The number of ether oxygens (including phenoxy) is 2. The number of hydrogen-bond acceptors (Lipinski definition) is 8. The van der Waals surface area contributed by atoms with Gasteiger partial charge in [0, 0.05) is 44.4 Å². The van der Waals surface area contributed by atoms with Gasteiger partial charge in [0.2, 0.25) is 11.6 Å². The summed E-state index contributed by atoms with van der Waals surface area (Å²) in [6.45, 7) is 2.25. The third kappa shape index (κ3) is 7.39. The molecular formula is C32H34F2N8O3. The minimum Gasteiger partial charge on any atom is -0.504 e. The van der Waals surface area contributed by atoms with E-state index in [1.807, 2.05) is 18.2 Å². The fourth-order valence-electron chi connectivity index (χ4n) is 5.17. The summed E-state index contributed by atoms with van der Waals surface area (Å²) in [4.78, 5) is 11.8. The van der Waals surface area contributed by atoms with E-state index in [0.717, 1.165) is 19.6 Å². The largest absolute Gasteiger partial charge is 0.504 e. The number of anilines is 1. The summed E-state index contributed by atoms with van der Waals surface area (Å²) in [7, 11) is 1.61. The molecule has 0 unspecified atom stereocenters. The molecule has 5 rings (SSSR count). The van der Waals surface area contributed by atoms with Gasteiger partial charge < -0.3 is 36.7 Å². The van der Waals surface area contributed by atoms with Crippen molar-refractivity contribution in [1.29, 1.82) is 5.41 Å². The first-order valence-electron chi connectivity index (χ1n) is 14.2. The Morgan fingerprint density at radius 3 is 2.33 bits per heavy atom. The summed E-state index contributed by atoms with van der Waals surface area (Å²) in [5.41, 5.74) is 17.9. The van der Waals surface area contributed by atoms with E-state index in [4.69, 9.17) is 32.1 Å². The number of benzene rings is 3. The van der Waals surface area contributed by atoms with E-state index >= 15 is 8.78 Å². The number of piperidine rings is 1. The third-order valence-corrected chi connectivity index (χ3v) is 7.47. The lowest BCUT2D eigenvalue weighted by molar-refractivity contribution is 0.202. The van der Waals surface area contributed by atoms with E-state index < -0.39 is 29.1 Å². The summed E-state index contributed by atoms with van der Waals surface area (Å²) in [6, 6.07) is 20.0. The van der Waals surface area contributed by atoms with Gasteiger partial charge in [0.1, 0.15) is 17.3 Å². The molecule has 0 aliphatic carbocycles. The first kappa shape index (κ1) is 31.0. The second-order valence-electron chi connectivity index (χ2n) is 10.6. The number of rotatable bonds is 10. The number of nitrogen functional groups attached to an aromatic ring is 1. The quantitative estimate of drug-likeness (QED) is 0.122. The molecule has 1 aliphatic rings. The van der Waals surface area contributed by atoms with E-state index in [-0.39, 0.29) is 40.6 Å². The van der Waals surface area contributed by atoms with Crippen LogP contribution in [0.4, 0.5) is 20.2 Å². The number of nitrogens with zero attached hydrogens (tertiary/aromatic N) is 4. The zero-order valence-corrected chi connectivity index (χ0v) is 24.6. The molecule has 1 saturated heterocycles. The van der Waals surface area contributed by atoms with E-state index in [2.05, 4.69) is 27.0 Å². The minimum absolute atomic E-state index is 0.130. The predicted octanol–water partition coefficient (Wildman–Crippen LogP) is 4.94. The number of aromatic hydroxyl groups is 1. The van der Waals surface area contributed by atoms with Crippen LogP contribution in [0.3, 0.4) is 0 Å². The van der Waals surface area contributed by atoms with Crippen LogP contribution in [-0.2, 0) is 6.54 Å². The summed E-state index contributed by atoms with van der Waals surface area (Å²) in [5.74, 6) is -4.28. The highest BCUT2D eigenvalue weighted by Crippen LogP contribution is 2.41. The Labute approximate surface area is 259 Å². The molecule has 3 aromatic carbocycles. The van der Waals surface area contributed by atoms with Crippen LogP contribution >= 0.6 is 0 Å². The standard InChI is InChI=1S/C32H34F2N8O3/c1-41(22-12-14-42(15-13-22)18-19-6-3-2-4-7-19)28-26(33)30(44-23-9-5-8-21(17-23)39-32(37)38)40-31(27(28)34)45-25-16-20(29(35)36)10-11-24(25)43/h2-11,16-17,22,43H,12-15,18H2,1H3,(H3,35,36)(H4,37,38,39). The van der Waals surface area contributed by atoms with Crippen molar-refractivity contribution >= 4 is 23.2 Å². The van der Waals surface area contributed by atoms with Crippen LogP contribution in [0, 0.1) is 17.0 Å². The lowest BCUT2D eigenvalue weighted by Crippen LogP contribution is -2.43. The van der Waals surface area contributed by atoms with Crippen molar-refractivity contribution in [3.63, 3.8) is 0 Å². The molecule has 13 heteroatoms. The Kier molecular flexibility index (Phi) is 9.28. The van der Waals surface area contributed by atoms with Gasteiger partial charge in [-0.25, -0.2) is 4.99 Å². The van der Waals surface area contributed by atoms with E-state index in [9.17, 15) is 5.11 Å². The molecule has 11 nitrogen and oxygen atoms in total. The zero-order valence-electron chi connectivity index (χ0n) is 24.6. The van der Waals surface area contributed by atoms with Crippen LogP contribution in [0.2, 0.25) is 0 Å². The van der Waals surface area contributed by atoms with Crippen LogP contribution in [0.25, 0.3) is 0 Å². The molecule has 234 valence electrons. The molecule has 1 aliphatic heterocycles. The Balaban J connectivity index is 1.48. The van der Waals surface area contributed by atoms with Crippen molar-refractivity contribution < 1.29 is 23.4 Å². The number of phenolic OH excluding ortho intramolecular Hbond substituents is 1. The maximum atomic E-state index is 16.2. The Bertz CT molecular complexity index is 1710. The molecule has 4 aromatic rings. The summed E-state index contributed by atoms with van der Waals surface area (Å²) in [5, 5.41) is 18.1. The average molecular weight is 617 g/mol. The highest BCUT2D eigenvalue weighted by molar-refractivity contribution is 5.95. The minimum atomic E-state index is -1.09. The maximum Gasteiger partial charge on any atom is 0.261 e. The predicted molar refractivity (Wildman–Crippen MR) is 168 cm³/mol. The fraction of sp³-hybridized carbons (Fsp3) is 0.219. The first-order chi connectivity index (χ1) is 21.6. The summed E-state index contributed by atoms with van der Waals surface area (Å²) in [6.07, 6.45) is 1.30. The van der Waals surface area contributed by atoms with Gasteiger partial charge in [-0.1, -0.05) is 36.4 Å². The normalized spacial score (nSPS) is 13.7. The fourth-order valence-corrected chi connectivity index (χ4v) is 5.17. The van der Waals surface area contributed by atoms with Gasteiger partial charge in [-0.2, -0.15) is 13.8 Å². The smallest absolute Gasteiger partial charge is 0.261 e. The number of aliphatic imine (C=N–C) groups is 1. The average Bonchev–Trinajstić information content (AvgIpc) is 3.01. The number of hydrogen-bond donors (Lipinski definition) is 5. The van der Waals surface area contributed by atoms with Gasteiger partial charge in [-0.3, -0.25) is 10.3 Å². The number of guanidine groups is 1. The molecular weight excluding hydrogens is 582 g/mol. The van der Waals surface area contributed by atoms with E-state index in [1.165, 1.54) is 40.8 Å². The molecule has 0 atom stereocenters. The molecule has 1 aromatic heterocycles. The topological polar surface area (TPSA) is 172 Å². The second kappa shape index (κ2) is 13.5. The highest BCUT2D eigenvalue weighted by atomic mass is 19.1. The molecule has 1 fully saturated rings. The second-order valence-corrected chi connectivity index (χ2v) is 10.6. The SMILES string of the molecule is CN(c1c(F)c(Oc2cccc(N=C(N)N)c2)nc(Oc2cc(C(=N)N)ccc2O)c1F)C1CCN(Cc2ccccc2)CC1. The van der Waals surface area contributed by atoms with Crippen molar-refractivity contribution in [2.75, 3.05) is 25.0 Å². The Morgan fingerprint density at radius 2 is 1.67 bits per heavy atom. The third-order valence-electron chi connectivity index (χ3n) is 7.47. The molecule has 0 bridgehead atoms. The van der Waals surface area contributed by atoms with Gasteiger partial charge in [0.15, 0.2) is 17.5 Å². The molecule has 0 amide bonds. The van der Waals surface area contributed by atoms with Gasteiger partial charge >= 0.3 is 0 Å². The van der Waals surface area contributed by atoms with Crippen LogP contribution < -0.4 is 31.6 Å². The van der Waals surface area contributed by atoms with Crippen LogP contribution in [0.5, 0.6) is 29.0 Å². The number of phenols is 1. The van der Waals surface area contributed by atoms with Gasteiger partial charge in [-0.05, 0) is 48.7 Å². The van der Waals surface area contributed by atoms with Crippen molar-refractivity contribution in [2.24, 2.45) is 22.2 Å². The van der Waals surface area contributed by atoms with Crippen LogP contribution in [0.15, 0.2) is 77.8 Å². The lowest BCUT2D eigenvalue weighted by atomic mass is 10.0. The monoisotopic (exact) mass is 616 g/mol. The molecule has 0 radical (unpaired) electrons. The number of amidine groups is 1.